The van der Waals surface area contributed by atoms with Crippen molar-refractivity contribution in [2.24, 2.45) is 0 Å². The molecule has 2 aromatic heterocycles. The van der Waals surface area contributed by atoms with Crippen molar-refractivity contribution in [3.8, 4) is 29.1 Å². The van der Waals surface area contributed by atoms with Gasteiger partial charge in [-0.25, -0.2) is 9.97 Å². The number of anilines is 1. The summed E-state index contributed by atoms with van der Waals surface area (Å²) < 4.78 is 16.5. The molecule has 3 aromatic rings. The molecular formula is C24H23N5O3. The molecule has 162 valence electrons. The van der Waals surface area contributed by atoms with Crippen LogP contribution in [0.15, 0.2) is 55.5 Å². The molecule has 0 bridgehead atoms. The third-order valence-corrected chi connectivity index (χ3v) is 5.48. The smallest absolute Gasteiger partial charge is 0.231 e. The molecule has 2 aliphatic heterocycles. The largest absolute Gasteiger partial charge is 0.477 e. The van der Waals surface area contributed by atoms with Gasteiger partial charge < -0.3 is 29.4 Å². The molecule has 1 saturated heterocycles. The standard InChI is InChI=1S/C24H23N5O3/c1-3-16(2)29-10-9-18(13-29)28-24-19-12-17(27-23(19)25-14-26-24)6-5-11-30-20-7-4-8-21-22(20)32-15-31-21/h3-4,7-8,12,14,18H,1-2,9-11,13,15H2,(H2,25,26,27,28)/t18-/m1/s1. The summed E-state index contributed by atoms with van der Waals surface area (Å²) in [5, 5.41) is 4.44. The molecule has 0 unspecified atom stereocenters. The summed E-state index contributed by atoms with van der Waals surface area (Å²) >= 11 is 0. The molecule has 2 N–H and O–H groups in total. The zero-order valence-corrected chi connectivity index (χ0v) is 17.6. The number of rotatable bonds is 6. The molecule has 4 heterocycles. The molecule has 0 spiro atoms. The average Bonchev–Trinajstić information content (AvgIpc) is 3.55. The zero-order chi connectivity index (χ0) is 21.9. The van der Waals surface area contributed by atoms with Crippen LogP contribution in [0.1, 0.15) is 12.1 Å². The van der Waals surface area contributed by atoms with E-state index in [2.05, 4.69) is 50.2 Å². The Morgan fingerprint density at radius 1 is 1.38 bits per heavy atom. The van der Waals surface area contributed by atoms with Crippen molar-refractivity contribution in [2.75, 3.05) is 31.8 Å². The summed E-state index contributed by atoms with van der Waals surface area (Å²) in [6, 6.07) is 7.77. The molecule has 32 heavy (non-hydrogen) atoms. The van der Waals surface area contributed by atoms with Crippen molar-refractivity contribution in [1.29, 1.82) is 0 Å². The number of nitrogens with zero attached hydrogens (tertiary/aromatic N) is 3. The lowest BCUT2D eigenvalue weighted by molar-refractivity contribution is 0.170. The highest BCUT2D eigenvalue weighted by Crippen LogP contribution is 2.40. The number of likely N-dealkylation sites (tertiary alicyclic amines) is 1. The van der Waals surface area contributed by atoms with E-state index < -0.39 is 0 Å². The summed E-state index contributed by atoms with van der Waals surface area (Å²) in [5.41, 5.74) is 2.44. The Morgan fingerprint density at radius 3 is 3.22 bits per heavy atom. The quantitative estimate of drug-likeness (QED) is 0.459. The van der Waals surface area contributed by atoms with Gasteiger partial charge in [0.05, 0.1) is 11.1 Å². The molecule has 1 aromatic carbocycles. The van der Waals surface area contributed by atoms with Crippen molar-refractivity contribution in [3.63, 3.8) is 0 Å². The second-order valence-electron chi connectivity index (χ2n) is 7.52. The maximum atomic E-state index is 5.74. The molecule has 1 fully saturated rings. The number of hydrogen-bond donors (Lipinski definition) is 2. The number of benzene rings is 1. The Kier molecular flexibility index (Phi) is 5.30. The van der Waals surface area contributed by atoms with Crippen molar-refractivity contribution in [3.05, 3.63) is 61.2 Å². The minimum atomic E-state index is 0.204. The Labute approximate surface area is 185 Å². The Morgan fingerprint density at radius 2 is 2.31 bits per heavy atom. The lowest BCUT2D eigenvalue weighted by atomic mass is 10.2. The third-order valence-electron chi connectivity index (χ3n) is 5.48. The van der Waals surface area contributed by atoms with Crippen LogP contribution in [0.3, 0.4) is 0 Å². The zero-order valence-electron chi connectivity index (χ0n) is 17.6. The lowest BCUT2D eigenvalue weighted by Gasteiger charge is -2.19. The van der Waals surface area contributed by atoms with Crippen LogP contribution in [-0.4, -0.2) is 52.4 Å². The molecule has 0 aliphatic carbocycles. The Bertz CT molecular complexity index is 1240. The fraction of sp³-hybridized carbons (Fsp3) is 0.250. The van der Waals surface area contributed by atoms with Gasteiger partial charge in [0.25, 0.3) is 0 Å². The normalized spacial score (nSPS) is 16.5. The number of ether oxygens (including phenoxy) is 3. The van der Waals surface area contributed by atoms with Gasteiger partial charge in [-0.2, -0.15) is 0 Å². The van der Waals surface area contributed by atoms with Crippen LogP contribution in [0.2, 0.25) is 0 Å². The molecule has 0 saturated carbocycles. The number of para-hydroxylation sites is 1. The number of H-pyrrole nitrogens is 1. The van der Waals surface area contributed by atoms with Crippen LogP contribution < -0.4 is 19.5 Å². The number of hydrogen-bond acceptors (Lipinski definition) is 7. The van der Waals surface area contributed by atoms with Gasteiger partial charge in [0.1, 0.15) is 24.4 Å². The van der Waals surface area contributed by atoms with Crippen molar-refractivity contribution in [1.82, 2.24) is 19.9 Å². The highest BCUT2D eigenvalue weighted by molar-refractivity contribution is 5.88. The van der Waals surface area contributed by atoms with Gasteiger partial charge in [-0.15, -0.1) is 0 Å². The van der Waals surface area contributed by atoms with E-state index in [0.717, 1.165) is 47.8 Å². The van der Waals surface area contributed by atoms with Gasteiger partial charge in [-0.1, -0.05) is 25.1 Å². The summed E-state index contributed by atoms with van der Waals surface area (Å²) in [7, 11) is 0. The van der Waals surface area contributed by atoms with E-state index in [1.807, 2.05) is 24.3 Å². The van der Waals surface area contributed by atoms with Gasteiger partial charge in [-0.05, 0) is 36.6 Å². The predicted octanol–water partition coefficient (Wildman–Crippen LogP) is 3.30. The molecule has 5 rings (SSSR count). The summed E-state index contributed by atoms with van der Waals surface area (Å²) in [6.07, 6.45) is 4.34. The van der Waals surface area contributed by atoms with E-state index >= 15 is 0 Å². The number of aromatic nitrogens is 3. The van der Waals surface area contributed by atoms with E-state index in [0.29, 0.717) is 17.2 Å². The molecule has 0 radical (unpaired) electrons. The number of fused-ring (bicyclic) bond motifs is 2. The van der Waals surface area contributed by atoms with Crippen LogP contribution in [0.5, 0.6) is 17.2 Å². The Balaban J connectivity index is 1.26. The summed E-state index contributed by atoms with van der Waals surface area (Å²) in [5.74, 6) is 8.84. The minimum absolute atomic E-state index is 0.204. The molecule has 1 atom stereocenters. The van der Waals surface area contributed by atoms with Gasteiger partial charge >= 0.3 is 0 Å². The number of aromatic amines is 1. The topological polar surface area (TPSA) is 84.5 Å². The summed E-state index contributed by atoms with van der Waals surface area (Å²) in [6.45, 7) is 10.1. The fourth-order valence-corrected chi connectivity index (χ4v) is 3.85. The molecular weight excluding hydrogens is 406 g/mol. The lowest BCUT2D eigenvalue weighted by Crippen LogP contribution is -2.25. The first-order chi connectivity index (χ1) is 15.7. The van der Waals surface area contributed by atoms with Crippen LogP contribution in [-0.2, 0) is 0 Å². The van der Waals surface area contributed by atoms with Crippen LogP contribution >= 0.6 is 0 Å². The molecule has 0 amide bonds. The van der Waals surface area contributed by atoms with Crippen molar-refractivity contribution in [2.45, 2.75) is 12.5 Å². The minimum Gasteiger partial charge on any atom is -0.477 e. The Hall–Kier alpha value is -4.12. The first-order valence-corrected chi connectivity index (χ1v) is 10.4. The molecule has 2 aliphatic rings. The molecule has 8 heteroatoms. The second kappa shape index (κ2) is 8.55. The first kappa shape index (κ1) is 19.8. The van der Waals surface area contributed by atoms with Crippen LogP contribution in [0, 0.1) is 11.8 Å². The van der Waals surface area contributed by atoms with E-state index in [9.17, 15) is 0 Å². The van der Waals surface area contributed by atoms with E-state index in [1.54, 1.807) is 12.4 Å². The maximum Gasteiger partial charge on any atom is 0.231 e. The SMILES string of the molecule is C=CC(=C)N1CC[C@@H](Nc2ncnc3[nH]c(C#CCOc4cccc5c4OCO5)cc23)C1. The maximum absolute atomic E-state index is 5.74. The second-order valence-corrected chi connectivity index (χ2v) is 7.52. The highest BCUT2D eigenvalue weighted by atomic mass is 16.7. The number of allylic oxidation sites excluding steroid dienone is 1. The van der Waals surface area contributed by atoms with E-state index in [-0.39, 0.29) is 19.4 Å². The molecule has 8 nitrogen and oxygen atoms in total. The van der Waals surface area contributed by atoms with Crippen LogP contribution in [0.25, 0.3) is 11.0 Å². The van der Waals surface area contributed by atoms with Crippen LogP contribution in [0.4, 0.5) is 5.82 Å². The van der Waals surface area contributed by atoms with E-state index in [4.69, 9.17) is 14.2 Å². The first-order valence-electron chi connectivity index (χ1n) is 10.4. The van der Waals surface area contributed by atoms with Gasteiger partial charge in [-0.3, -0.25) is 0 Å². The van der Waals surface area contributed by atoms with Crippen molar-refractivity contribution >= 4 is 16.9 Å². The third kappa shape index (κ3) is 3.93. The van der Waals surface area contributed by atoms with Crippen molar-refractivity contribution < 1.29 is 14.2 Å². The van der Waals surface area contributed by atoms with Gasteiger partial charge in [0, 0.05) is 24.8 Å². The summed E-state index contributed by atoms with van der Waals surface area (Å²) in [4.78, 5) is 14.2. The van der Waals surface area contributed by atoms with Gasteiger partial charge in [0.2, 0.25) is 12.5 Å². The fourth-order valence-electron chi connectivity index (χ4n) is 3.85. The monoisotopic (exact) mass is 429 g/mol. The van der Waals surface area contributed by atoms with Gasteiger partial charge in [0.15, 0.2) is 11.5 Å². The number of nitrogens with one attached hydrogen (secondary N) is 2. The highest BCUT2D eigenvalue weighted by Gasteiger charge is 2.23. The average molecular weight is 429 g/mol. The van der Waals surface area contributed by atoms with E-state index in [1.165, 1.54) is 0 Å². The predicted molar refractivity (Wildman–Crippen MR) is 122 cm³/mol.